The topological polar surface area (TPSA) is 83.6 Å². The summed E-state index contributed by atoms with van der Waals surface area (Å²) in [6.45, 7) is 6.40. The molecule has 1 aromatic rings. The fourth-order valence-corrected chi connectivity index (χ4v) is 2.74. The first-order valence-electron chi connectivity index (χ1n) is 6.82. The van der Waals surface area contributed by atoms with Crippen molar-refractivity contribution in [3.63, 3.8) is 0 Å². The van der Waals surface area contributed by atoms with Crippen molar-refractivity contribution >= 4 is 11.9 Å². The highest BCUT2D eigenvalue weighted by molar-refractivity contribution is 5.79. The van der Waals surface area contributed by atoms with E-state index in [9.17, 15) is 9.59 Å². The minimum absolute atomic E-state index is 0.000556. The summed E-state index contributed by atoms with van der Waals surface area (Å²) in [5.41, 5.74) is 1.79. The molecule has 110 valence electrons. The number of carboxylic acids is 1. The molecule has 1 aliphatic heterocycles. The number of aromatic nitrogens is 1. The zero-order valence-electron chi connectivity index (χ0n) is 12.0. The smallest absolute Gasteiger partial charge is 0.308 e. The Kier molecular flexibility index (Phi) is 4.11. The fourth-order valence-electron chi connectivity index (χ4n) is 2.74. The van der Waals surface area contributed by atoms with E-state index in [0.717, 1.165) is 17.0 Å². The van der Waals surface area contributed by atoms with Crippen LogP contribution in [0, 0.1) is 25.7 Å². The number of likely N-dealkylation sites (tertiary alicyclic amines) is 1. The van der Waals surface area contributed by atoms with Crippen molar-refractivity contribution in [2.45, 2.75) is 33.6 Å². The number of carbonyl (C=O) groups excluding carboxylic acids is 1. The van der Waals surface area contributed by atoms with Crippen molar-refractivity contribution < 1.29 is 19.2 Å². The third kappa shape index (κ3) is 2.84. The second-order valence-electron chi connectivity index (χ2n) is 5.52. The summed E-state index contributed by atoms with van der Waals surface area (Å²) in [7, 11) is 0. The Labute approximate surface area is 117 Å². The second-order valence-corrected chi connectivity index (χ2v) is 5.52. The van der Waals surface area contributed by atoms with Crippen molar-refractivity contribution in [3.05, 3.63) is 17.0 Å². The summed E-state index contributed by atoms with van der Waals surface area (Å²) in [4.78, 5) is 24.9. The van der Waals surface area contributed by atoms with Gasteiger partial charge in [0.25, 0.3) is 0 Å². The zero-order chi connectivity index (χ0) is 14.9. The molecule has 6 nitrogen and oxygen atoms in total. The lowest BCUT2D eigenvalue weighted by molar-refractivity contribution is -0.142. The molecule has 6 heteroatoms. The van der Waals surface area contributed by atoms with Crippen molar-refractivity contribution in [2.24, 2.45) is 11.8 Å². The van der Waals surface area contributed by atoms with Crippen molar-refractivity contribution in [2.75, 3.05) is 13.1 Å². The number of hydrogen-bond acceptors (Lipinski definition) is 4. The normalized spacial score (nSPS) is 22.2. The van der Waals surface area contributed by atoms with E-state index < -0.39 is 11.9 Å². The van der Waals surface area contributed by atoms with Gasteiger partial charge in [-0.3, -0.25) is 9.59 Å². The fraction of sp³-hybridized carbons (Fsp3) is 0.643. The van der Waals surface area contributed by atoms with E-state index in [1.54, 1.807) is 4.90 Å². The number of carbonyl (C=O) groups is 2. The van der Waals surface area contributed by atoms with Gasteiger partial charge in [0.15, 0.2) is 0 Å². The quantitative estimate of drug-likeness (QED) is 0.901. The Morgan fingerprint density at radius 1 is 1.40 bits per heavy atom. The van der Waals surface area contributed by atoms with Crippen molar-refractivity contribution in [1.29, 1.82) is 0 Å². The highest BCUT2D eigenvalue weighted by Gasteiger charge is 2.36. The lowest BCUT2D eigenvalue weighted by Crippen LogP contribution is -2.30. The van der Waals surface area contributed by atoms with Gasteiger partial charge in [-0.05, 0) is 26.2 Å². The van der Waals surface area contributed by atoms with Crippen LogP contribution in [0.3, 0.4) is 0 Å². The van der Waals surface area contributed by atoms with Gasteiger partial charge in [-0.25, -0.2) is 0 Å². The summed E-state index contributed by atoms with van der Waals surface area (Å²) in [6.07, 6.45) is 0.949. The molecule has 2 rings (SSSR count). The molecule has 0 radical (unpaired) electrons. The van der Waals surface area contributed by atoms with E-state index in [0.29, 0.717) is 25.9 Å². The Morgan fingerprint density at radius 2 is 2.10 bits per heavy atom. The predicted molar refractivity (Wildman–Crippen MR) is 71.2 cm³/mol. The first-order valence-corrected chi connectivity index (χ1v) is 6.82. The first kappa shape index (κ1) is 14.6. The van der Waals surface area contributed by atoms with Gasteiger partial charge in [0.1, 0.15) is 5.76 Å². The summed E-state index contributed by atoms with van der Waals surface area (Å²) in [5.74, 6) is -0.513. The van der Waals surface area contributed by atoms with Crippen LogP contribution in [0.4, 0.5) is 0 Å². The third-order valence-corrected chi connectivity index (χ3v) is 4.05. The van der Waals surface area contributed by atoms with E-state index in [2.05, 4.69) is 5.16 Å². The average molecular weight is 280 g/mol. The maximum Gasteiger partial charge on any atom is 0.308 e. The SMILES string of the molecule is Cc1noc(C)c1CCC(=O)N1CC(C)C(C(=O)O)C1. The standard InChI is InChI=1S/C14H20N2O4/c1-8-6-16(7-12(8)14(18)19)13(17)5-4-11-9(2)15-20-10(11)3/h8,12H,4-7H2,1-3H3,(H,18,19). The molecule has 2 unspecified atom stereocenters. The number of carboxylic acid groups (broad SMARTS) is 1. The molecule has 0 saturated carbocycles. The maximum atomic E-state index is 12.2. The van der Waals surface area contributed by atoms with Gasteiger partial charge in [-0.15, -0.1) is 0 Å². The van der Waals surface area contributed by atoms with E-state index in [-0.39, 0.29) is 11.8 Å². The van der Waals surface area contributed by atoms with Gasteiger partial charge in [0.05, 0.1) is 11.6 Å². The van der Waals surface area contributed by atoms with Crippen LogP contribution in [0.25, 0.3) is 0 Å². The van der Waals surface area contributed by atoms with Crippen LogP contribution < -0.4 is 0 Å². The minimum Gasteiger partial charge on any atom is -0.481 e. The molecule has 1 saturated heterocycles. The molecule has 20 heavy (non-hydrogen) atoms. The van der Waals surface area contributed by atoms with Crippen LogP contribution in [-0.4, -0.2) is 40.1 Å². The van der Waals surface area contributed by atoms with Crippen LogP contribution in [-0.2, 0) is 16.0 Å². The molecule has 0 aliphatic carbocycles. The summed E-state index contributed by atoms with van der Waals surface area (Å²) in [6, 6.07) is 0. The molecule has 1 aliphatic rings. The number of nitrogens with zero attached hydrogens (tertiary/aromatic N) is 2. The minimum atomic E-state index is -0.821. The average Bonchev–Trinajstić information content (AvgIpc) is 2.91. The monoisotopic (exact) mass is 280 g/mol. The zero-order valence-corrected chi connectivity index (χ0v) is 12.0. The Hall–Kier alpha value is -1.85. The number of aliphatic carboxylic acids is 1. The molecule has 1 N–H and O–H groups in total. The molecule has 0 bridgehead atoms. The van der Waals surface area contributed by atoms with E-state index in [4.69, 9.17) is 9.63 Å². The number of aryl methyl sites for hydroxylation is 2. The molecule has 1 amide bonds. The molecular formula is C14H20N2O4. The van der Waals surface area contributed by atoms with E-state index in [1.807, 2.05) is 20.8 Å². The third-order valence-electron chi connectivity index (χ3n) is 4.05. The predicted octanol–water partition coefficient (Wildman–Crippen LogP) is 1.40. The van der Waals surface area contributed by atoms with Crippen LogP contribution >= 0.6 is 0 Å². The van der Waals surface area contributed by atoms with E-state index >= 15 is 0 Å². The number of rotatable bonds is 4. The summed E-state index contributed by atoms with van der Waals surface area (Å²) < 4.78 is 5.07. The number of hydrogen-bond donors (Lipinski definition) is 1. The number of amides is 1. The lowest BCUT2D eigenvalue weighted by atomic mass is 9.99. The largest absolute Gasteiger partial charge is 0.481 e. The van der Waals surface area contributed by atoms with Gasteiger partial charge < -0.3 is 14.5 Å². The molecule has 0 aromatic carbocycles. The Bertz CT molecular complexity index is 504. The van der Waals surface area contributed by atoms with Gasteiger partial charge >= 0.3 is 5.97 Å². The Morgan fingerprint density at radius 3 is 2.60 bits per heavy atom. The van der Waals surface area contributed by atoms with Gasteiger partial charge in [-0.2, -0.15) is 0 Å². The highest BCUT2D eigenvalue weighted by Crippen LogP contribution is 2.24. The Balaban J connectivity index is 1.92. The van der Waals surface area contributed by atoms with Gasteiger partial charge in [0.2, 0.25) is 5.91 Å². The molecule has 2 atom stereocenters. The molecule has 1 fully saturated rings. The maximum absolute atomic E-state index is 12.2. The van der Waals surface area contributed by atoms with Crippen LogP contribution in [0.2, 0.25) is 0 Å². The van der Waals surface area contributed by atoms with Crippen LogP contribution in [0.15, 0.2) is 4.52 Å². The molecule has 0 spiro atoms. The van der Waals surface area contributed by atoms with E-state index in [1.165, 1.54) is 0 Å². The van der Waals surface area contributed by atoms with Gasteiger partial charge in [-0.1, -0.05) is 12.1 Å². The summed E-state index contributed by atoms with van der Waals surface area (Å²) in [5, 5.41) is 12.9. The first-order chi connectivity index (χ1) is 9.40. The van der Waals surface area contributed by atoms with Crippen molar-refractivity contribution in [1.82, 2.24) is 10.1 Å². The van der Waals surface area contributed by atoms with Crippen LogP contribution in [0.5, 0.6) is 0 Å². The molecular weight excluding hydrogens is 260 g/mol. The molecule has 2 heterocycles. The second kappa shape index (κ2) is 5.64. The lowest BCUT2D eigenvalue weighted by Gasteiger charge is -2.15. The summed E-state index contributed by atoms with van der Waals surface area (Å²) >= 11 is 0. The molecule has 1 aromatic heterocycles. The van der Waals surface area contributed by atoms with Crippen molar-refractivity contribution in [3.8, 4) is 0 Å². The highest BCUT2D eigenvalue weighted by atomic mass is 16.5. The van der Waals surface area contributed by atoms with Crippen LogP contribution in [0.1, 0.15) is 30.4 Å². The van der Waals surface area contributed by atoms with Gasteiger partial charge in [0, 0.05) is 25.1 Å².